The Morgan fingerprint density at radius 3 is 2.26 bits per heavy atom. The Labute approximate surface area is 109 Å². The molecule has 0 spiro atoms. The molecule has 0 aliphatic rings. The molecule has 0 aliphatic heterocycles. The molecule has 1 aromatic carbocycles. The molecule has 104 valence electrons. The largest absolute Gasteiger partial charge is 0.493 e. The molecule has 7 nitrogen and oxygen atoms in total. The van der Waals surface area contributed by atoms with Crippen LogP contribution in [0.15, 0.2) is 6.07 Å². The first-order valence-electron chi connectivity index (χ1n) is 5.51. The van der Waals surface area contributed by atoms with E-state index in [0.717, 1.165) is 6.07 Å². The van der Waals surface area contributed by atoms with E-state index in [1.807, 2.05) is 0 Å². The fourth-order valence-electron chi connectivity index (χ4n) is 1.93. The number of nitro groups is 1. The maximum Gasteiger partial charge on any atom is 0.343 e. The van der Waals surface area contributed by atoms with Crippen molar-refractivity contribution in [3.8, 4) is 11.5 Å². The lowest BCUT2D eigenvalue weighted by atomic mass is 9.94. The number of carboxylic acid groups (broad SMARTS) is 1. The van der Waals surface area contributed by atoms with Crippen molar-refractivity contribution in [2.45, 2.75) is 19.8 Å². The van der Waals surface area contributed by atoms with Crippen LogP contribution in [0.2, 0.25) is 0 Å². The third-order valence-electron chi connectivity index (χ3n) is 2.67. The van der Waals surface area contributed by atoms with Crippen molar-refractivity contribution in [3.63, 3.8) is 0 Å². The number of carbonyl (C=O) groups is 1. The molecular weight excluding hydrogens is 254 g/mol. The number of ether oxygens (including phenoxy) is 2. The van der Waals surface area contributed by atoms with Gasteiger partial charge in [0.05, 0.1) is 25.2 Å². The zero-order valence-corrected chi connectivity index (χ0v) is 11.1. The van der Waals surface area contributed by atoms with Gasteiger partial charge in [0.15, 0.2) is 11.5 Å². The number of benzene rings is 1. The van der Waals surface area contributed by atoms with Gasteiger partial charge in [-0.25, -0.2) is 4.79 Å². The van der Waals surface area contributed by atoms with E-state index in [2.05, 4.69) is 0 Å². The number of hydrogen-bond donors (Lipinski definition) is 1. The molecule has 0 saturated heterocycles. The van der Waals surface area contributed by atoms with E-state index in [9.17, 15) is 20.0 Å². The summed E-state index contributed by atoms with van der Waals surface area (Å²) in [5.41, 5.74) is -0.618. The topological polar surface area (TPSA) is 98.9 Å². The average Bonchev–Trinajstić information content (AvgIpc) is 2.35. The van der Waals surface area contributed by atoms with Gasteiger partial charge in [-0.1, -0.05) is 13.8 Å². The van der Waals surface area contributed by atoms with Crippen LogP contribution in [-0.2, 0) is 0 Å². The normalized spacial score (nSPS) is 10.4. The Hall–Kier alpha value is -2.31. The first-order chi connectivity index (χ1) is 8.84. The fraction of sp³-hybridized carbons (Fsp3) is 0.417. The maximum atomic E-state index is 11.3. The molecule has 0 heterocycles. The van der Waals surface area contributed by atoms with Gasteiger partial charge >= 0.3 is 5.97 Å². The van der Waals surface area contributed by atoms with Crippen LogP contribution >= 0.6 is 0 Å². The molecule has 0 amide bonds. The maximum absolute atomic E-state index is 11.3. The van der Waals surface area contributed by atoms with Gasteiger partial charge in [-0.2, -0.15) is 0 Å². The predicted octanol–water partition coefficient (Wildman–Crippen LogP) is 2.43. The lowest BCUT2D eigenvalue weighted by molar-refractivity contribution is -0.385. The molecule has 19 heavy (non-hydrogen) atoms. The van der Waals surface area contributed by atoms with E-state index in [-0.39, 0.29) is 28.5 Å². The molecule has 7 heteroatoms. The second-order valence-electron chi connectivity index (χ2n) is 4.14. The van der Waals surface area contributed by atoms with Gasteiger partial charge in [0.1, 0.15) is 5.56 Å². The van der Waals surface area contributed by atoms with Crippen molar-refractivity contribution in [1.29, 1.82) is 0 Å². The third kappa shape index (κ3) is 2.59. The molecule has 0 unspecified atom stereocenters. The second-order valence-corrected chi connectivity index (χ2v) is 4.14. The molecule has 0 aliphatic carbocycles. The summed E-state index contributed by atoms with van der Waals surface area (Å²) >= 11 is 0. The van der Waals surface area contributed by atoms with Crippen molar-refractivity contribution in [2.24, 2.45) is 0 Å². The summed E-state index contributed by atoms with van der Waals surface area (Å²) in [5, 5.41) is 20.2. The molecule has 1 rings (SSSR count). The first kappa shape index (κ1) is 14.7. The van der Waals surface area contributed by atoms with Crippen molar-refractivity contribution in [2.75, 3.05) is 14.2 Å². The first-order valence-corrected chi connectivity index (χ1v) is 5.51. The van der Waals surface area contributed by atoms with E-state index in [1.54, 1.807) is 13.8 Å². The van der Waals surface area contributed by atoms with Gasteiger partial charge in [0.2, 0.25) is 0 Å². The minimum absolute atomic E-state index is 0.142. The van der Waals surface area contributed by atoms with Crippen molar-refractivity contribution < 1.29 is 24.3 Å². The lowest BCUT2D eigenvalue weighted by Gasteiger charge is -2.17. The predicted molar refractivity (Wildman–Crippen MR) is 67.2 cm³/mol. The molecule has 0 saturated carbocycles. The Kier molecular flexibility index (Phi) is 4.31. The second kappa shape index (κ2) is 5.55. The number of nitro benzene ring substituents is 1. The van der Waals surface area contributed by atoms with Gasteiger partial charge in [0, 0.05) is 5.56 Å². The van der Waals surface area contributed by atoms with Gasteiger partial charge in [0.25, 0.3) is 5.69 Å². The number of hydrogen-bond acceptors (Lipinski definition) is 5. The average molecular weight is 269 g/mol. The molecule has 1 N–H and O–H groups in total. The number of methoxy groups -OCH3 is 2. The minimum atomic E-state index is -1.36. The van der Waals surface area contributed by atoms with Crippen LogP contribution in [0.25, 0.3) is 0 Å². The summed E-state index contributed by atoms with van der Waals surface area (Å²) in [7, 11) is 2.70. The van der Waals surface area contributed by atoms with Crippen LogP contribution < -0.4 is 9.47 Å². The highest BCUT2D eigenvalue weighted by Gasteiger charge is 2.31. The summed E-state index contributed by atoms with van der Waals surface area (Å²) in [6.45, 7) is 3.46. The van der Waals surface area contributed by atoms with Crippen LogP contribution in [0.1, 0.15) is 35.7 Å². The Morgan fingerprint density at radius 2 is 1.95 bits per heavy atom. The van der Waals surface area contributed by atoms with E-state index in [0.29, 0.717) is 0 Å². The van der Waals surface area contributed by atoms with E-state index >= 15 is 0 Å². The quantitative estimate of drug-likeness (QED) is 0.651. The van der Waals surface area contributed by atoms with Gasteiger partial charge in [-0.3, -0.25) is 10.1 Å². The molecule has 0 fully saturated rings. The zero-order valence-electron chi connectivity index (χ0n) is 11.1. The van der Waals surface area contributed by atoms with Crippen molar-refractivity contribution >= 4 is 11.7 Å². The summed E-state index contributed by atoms with van der Waals surface area (Å²) in [5.74, 6) is -1.28. The van der Waals surface area contributed by atoms with Gasteiger partial charge < -0.3 is 14.6 Å². The summed E-state index contributed by atoms with van der Waals surface area (Å²) in [6, 6.07) is 1.06. The Morgan fingerprint density at radius 1 is 1.37 bits per heavy atom. The SMILES string of the molecule is COc1cc([N+](=O)[O-])c(C(=O)O)c(C(C)C)c1OC. The molecular formula is C12H15NO6. The molecule has 0 aromatic heterocycles. The molecule has 0 bridgehead atoms. The highest BCUT2D eigenvalue weighted by Crippen LogP contribution is 2.42. The summed E-state index contributed by atoms with van der Waals surface area (Å²) in [4.78, 5) is 21.6. The highest BCUT2D eigenvalue weighted by molar-refractivity contribution is 5.96. The monoisotopic (exact) mass is 269 g/mol. The molecule has 1 aromatic rings. The molecule has 0 atom stereocenters. The fourth-order valence-corrected chi connectivity index (χ4v) is 1.93. The standard InChI is InChI=1S/C12H15NO6/c1-6(2)9-10(12(14)15)7(13(16)17)5-8(18-3)11(9)19-4/h5-6H,1-4H3,(H,14,15). The van der Waals surface area contributed by atoms with Crippen LogP contribution in [0.3, 0.4) is 0 Å². The van der Waals surface area contributed by atoms with E-state index in [4.69, 9.17) is 9.47 Å². The van der Waals surface area contributed by atoms with Crippen molar-refractivity contribution in [3.05, 3.63) is 27.3 Å². The van der Waals surface area contributed by atoms with E-state index in [1.165, 1.54) is 14.2 Å². The van der Waals surface area contributed by atoms with Crippen molar-refractivity contribution in [1.82, 2.24) is 0 Å². The Bertz CT molecular complexity index is 523. The van der Waals surface area contributed by atoms with Crippen LogP contribution in [0.5, 0.6) is 11.5 Å². The zero-order chi connectivity index (χ0) is 14.7. The smallest absolute Gasteiger partial charge is 0.343 e. The van der Waals surface area contributed by atoms with Gasteiger partial charge in [-0.05, 0) is 5.92 Å². The molecule has 0 radical (unpaired) electrons. The third-order valence-corrected chi connectivity index (χ3v) is 2.67. The van der Waals surface area contributed by atoms with Crippen LogP contribution in [-0.4, -0.2) is 30.2 Å². The number of carboxylic acids is 1. The van der Waals surface area contributed by atoms with Crippen LogP contribution in [0.4, 0.5) is 5.69 Å². The lowest BCUT2D eigenvalue weighted by Crippen LogP contribution is -2.11. The van der Waals surface area contributed by atoms with E-state index < -0.39 is 16.6 Å². The summed E-state index contributed by atoms with van der Waals surface area (Å²) in [6.07, 6.45) is 0. The number of rotatable bonds is 5. The van der Waals surface area contributed by atoms with Crippen LogP contribution in [0, 0.1) is 10.1 Å². The van der Waals surface area contributed by atoms with Gasteiger partial charge in [-0.15, -0.1) is 0 Å². The number of aromatic carboxylic acids is 1. The number of nitrogens with zero attached hydrogens (tertiary/aromatic N) is 1. The highest BCUT2D eigenvalue weighted by atomic mass is 16.6. The summed E-state index contributed by atoms with van der Waals surface area (Å²) < 4.78 is 10.2. The Balaban J connectivity index is 3.84. The minimum Gasteiger partial charge on any atom is -0.493 e.